The SMILES string of the molecule is N#Cc1cnc(-c2ncc(CC(=O)NCCc3cccc(C(F)(F)F)c3)c(=O)[nH]2)c(O)c1. The molecule has 0 saturated carbocycles. The molecule has 2 heterocycles. The van der Waals surface area contributed by atoms with Crippen molar-refractivity contribution in [3.8, 4) is 23.3 Å². The van der Waals surface area contributed by atoms with Gasteiger partial charge in [0.2, 0.25) is 5.91 Å². The van der Waals surface area contributed by atoms with Crippen molar-refractivity contribution in [2.45, 2.75) is 19.0 Å². The van der Waals surface area contributed by atoms with Gasteiger partial charge in [-0.15, -0.1) is 0 Å². The average molecular weight is 443 g/mol. The van der Waals surface area contributed by atoms with Crippen molar-refractivity contribution in [1.29, 1.82) is 5.26 Å². The first-order chi connectivity index (χ1) is 15.2. The van der Waals surface area contributed by atoms with Crippen molar-refractivity contribution in [2.75, 3.05) is 6.54 Å². The van der Waals surface area contributed by atoms with Crippen LogP contribution < -0.4 is 10.9 Å². The zero-order valence-electron chi connectivity index (χ0n) is 16.4. The lowest BCUT2D eigenvalue weighted by atomic mass is 10.1. The van der Waals surface area contributed by atoms with Crippen molar-refractivity contribution in [3.63, 3.8) is 0 Å². The third kappa shape index (κ3) is 5.48. The number of aromatic nitrogens is 3. The van der Waals surface area contributed by atoms with Gasteiger partial charge in [0.1, 0.15) is 17.5 Å². The van der Waals surface area contributed by atoms with E-state index in [0.29, 0.717) is 5.56 Å². The van der Waals surface area contributed by atoms with Crippen LogP contribution in [-0.2, 0) is 23.8 Å². The van der Waals surface area contributed by atoms with Gasteiger partial charge in [0.15, 0.2) is 5.82 Å². The van der Waals surface area contributed by atoms with Crippen LogP contribution in [0.1, 0.15) is 22.3 Å². The number of hydrogen-bond donors (Lipinski definition) is 3. The molecule has 0 spiro atoms. The number of halogens is 3. The van der Waals surface area contributed by atoms with Crippen molar-refractivity contribution in [1.82, 2.24) is 20.3 Å². The van der Waals surface area contributed by atoms with Crippen LogP contribution >= 0.6 is 0 Å². The second kappa shape index (κ2) is 9.30. The minimum atomic E-state index is -4.44. The molecule has 3 rings (SSSR count). The van der Waals surface area contributed by atoms with Gasteiger partial charge >= 0.3 is 6.18 Å². The van der Waals surface area contributed by atoms with Crippen LogP contribution in [0.15, 0.2) is 47.5 Å². The largest absolute Gasteiger partial charge is 0.505 e. The lowest BCUT2D eigenvalue weighted by molar-refractivity contribution is -0.137. The van der Waals surface area contributed by atoms with Gasteiger partial charge in [0.05, 0.1) is 17.5 Å². The maximum atomic E-state index is 12.8. The predicted octanol–water partition coefficient (Wildman–Crippen LogP) is 2.33. The van der Waals surface area contributed by atoms with Crippen LogP contribution in [0.3, 0.4) is 0 Å². The molecule has 0 aliphatic heterocycles. The van der Waals surface area contributed by atoms with Gasteiger partial charge in [-0.25, -0.2) is 9.97 Å². The summed E-state index contributed by atoms with van der Waals surface area (Å²) >= 11 is 0. The summed E-state index contributed by atoms with van der Waals surface area (Å²) in [6.07, 6.45) is -2.17. The molecular formula is C21H16F3N5O3. The first-order valence-corrected chi connectivity index (χ1v) is 9.28. The molecule has 0 bridgehead atoms. The summed E-state index contributed by atoms with van der Waals surface area (Å²) in [5.41, 5.74) is -0.808. The quantitative estimate of drug-likeness (QED) is 0.536. The highest BCUT2D eigenvalue weighted by Gasteiger charge is 2.30. The standard InChI is InChI=1S/C21H16F3N5O3/c22-21(23,24)15-3-1-2-12(6-15)4-5-26-17(31)8-14-11-28-19(29-20(14)32)18-16(30)7-13(9-25)10-27-18/h1-3,6-7,10-11,30H,4-5,8H2,(H,26,31)(H,28,29,32). The highest BCUT2D eigenvalue weighted by atomic mass is 19.4. The van der Waals surface area contributed by atoms with E-state index in [1.165, 1.54) is 30.6 Å². The number of rotatable bonds is 6. The van der Waals surface area contributed by atoms with Gasteiger partial charge < -0.3 is 15.4 Å². The molecule has 0 aliphatic carbocycles. The Balaban J connectivity index is 1.60. The number of carbonyl (C=O) groups excluding carboxylic acids is 1. The Morgan fingerprint density at radius 1 is 1.22 bits per heavy atom. The molecule has 1 amide bonds. The van der Waals surface area contributed by atoms with Crippen LogP contribution in [0, 0.1) is 11.3 Å². The molecular weight excluding hydrogens is 427 g/mol. The Kier molecular flexibility index (Phi) is 6.53. The summed E-state index contributed by atoms with van der Waals surface area (Å²) in [6.45, 7) is 0.0899. The molecule has 2 aromatic heterocycles. The summed E-state index contributed by atoms with van der Waals surface area (Å²) < 4.78 is 38.3. The van der Waals surface area contributed by atoms with E-state index in [4.69, 9.17) is 5.26 Å². The topological polar surface area (TPSA) is 132 Å². The van der Waals surface area contributed by atoms with Crippen molar-refractivity contribution in [3.05, 3.63) is 75.3 Å². The highest BCUT2D eigenvalue weighted by Crippen LogP contribution is 2.29. The third-order valence-corrected chi connectivity index (χ3v) is 4.44. The zero-order chi connectivity index (χ0) is 23.3. The summed E-state index contributed by atoms with van der Waals surface area (Å²) in [5.74, 6) is -0.880. The van der Waals surface area contributed by atoms with E-state index in [0.717, 1.165) is 12.1 Å². The Morgan fingerprint density at radius 2 is 2.00 bits per heavy atom. The maximum Gasteiger partial charge on any atom is 0.416 e. The van der Waals surface area contributed by atoms with Crippen molar-refractivity contribution in [2.24, 2.45) is 0 Å². The zero-order valence-corrected chi connectivity index (χ0v) is 16.4. The third-order valence-electron chi connectivity index (χ3n) is 4.44. The van der Waals surface area contributed by atoms with E-state index in [2.05, 4.69) is 20.3 Å². The summed E-state index contributed by atoms with van der Waals surface area (Å²) in [7, 11) is 0. The van der Waals surface area contributed by atoms with Crippen LogP contribution in [0.2, 0.25) is 0 Å². The molecule has 3 N–H and O–H groups in total. The fourth-order valence-electron chi connectivity index (χ4n) is 2.85. The Hall–Kier alpha value is -4.20. The number of nitrogens with one attached hydrogen (secondary N) is 2. The van der Waals surface area contributed by atoms with Gasteiger partial charge in [0.25, 0.3) is 5.56 Å². The highest BCUT2D eigenvalue weighted by molar-refractivity contribution is 5.78. The number of aromatic hydroxyl groups is 1. The number of benzene rings is 1. The van der Waals surface area contributed by atoms with Crippen LogP contribution in [0.25, 0.3) is 11.5 Å². The molecule has 11 heteroatoms. The van der Waals surface area contributed by atoms with E-state index in [1.54, 1.807) is 0 Å². The number of aromatic amines is 1. The number of pyridine rings is 1. The first kappa shape index (κ1) is 22.5. The molecule has 0 radical (unpaired) electrons. The molecule has 8 nitrogen and oxygen atoms in total. The minimum absolute atomic E-state index is 0.0295. The van der Waals surface area contributed by atoms with E-state index in [1.807, 2.05) is 6.07 Å². The van der Waals surface area contributed by atoms with Crippen molar-refractivity contribution >= 4 is 5.91 Å². The lowest BCUT2D eigenvalue weighted by Gasteiger charge is -2.09. The number of carbonyl (C=O) groups is 1. The second-order valence-electron chi connectivity index (χ2n) is 6.76. The average Bonchev–Trinajstić information content (AvgIpc) is 2.75. The predicted molar refractivity (Wildman–Crippen MR) is 106 cm³/mol. The molecule has 32 heavy (non-hydrogen) atoms. The first-order valence-electron chi connectivity index (χ1n) is 9.28. The summed E-state index contributed by atoms with van der Waals surface area (Å²) in [5, 5.41) is 21.3. The molecule has 0 saturated heterocycles. The van der Waals surface area contributed by atoms with E-state index in [9.17, 15) is 27.9 Å². The second-order valence-corrected chi connectivity index (χ2v) is 6.76. The van der Waals surface area contributed by atoms with Crippen LogP contribution in [0.4, 0.5) is 13.2 Å². The van der Waals surface area contributed by atoms with E-state index in [-0.39, 0.29) is 47.8 Å². The number of H-pyrrole nitrogens is 1. The molecule has 1 aromatic carbocycles. The molecule has 0 aliphatic rings. The van der Waals surface area contributed by atoms with Gasteiger partial charge in [-0.1, -0.05) is 18.2 Å². The number of hydrogen-bond acceptors (Lipinski definition) is 6. The van der Waals surface area contributed by atoms with E-state index >= 15 is 0 Å². The summed E-state index contributed by atoms with van der Waals surface area (Å²) in [6, 6.07) is 7.81. The number of nitriles is 1. The Morgan fingerprint density at radius 3 is 2.66 bits per heavy atom. The van der Waals surface area contributed by atoms with Crippen LogP contribution in [0.5, 0.6) is 5.75 Å². The Labute approximate surface area is 179 Å². The van der Waals surface area contributed by atoms with E-state index < -0.39 is 23.2 Å². The smallest absolute Gasteiger partial charge is 0.416 e. The fourth-order valence-corrected chi connectivity index (χ4v) is 2.85. The number of alkyl halides is 3. The number of amides is 1. The monoisotopic (exact) mass is 443 g/mol. The molecule has 164 valence electrons. The fraction of sp³-hybridized carbons (Fsp3) is 0.190. The summed E-state index contributed by atoms with van der Waals surface area (Å²) in [4.78, 5) is 34.7. The van der Waals surface area contributed by atoms with Gasteiger partial charge in [-0.3, -0.25) is 9.59 Å². The lowest BCUT2D eigenvalue weighted by Crippen LogP contribution is -2.29. The van der Waals surface area contributed by atoms with Gasteiger partial charge in [0, 0.05) is 30.6 Å². The molecule has 0 atom stereocenters. The number of nitrogens with zero attached hydrogens (tertiary/aromatic N) is 3. The minimum Gasteiger partial charge on any atom is -0.505 e. The van der Waals surface area contributed by atoms with Crippen LogP contribution in [-0.4, -0.2) is 32.5 Å². The molecule has 0 fully saturated rings. The Bertz CT molecular complexity index is 1250. The normalized spacial score (nSPS) is 11.1. The van der Waals surface area contributed by atoms with Gasteiger partial charge in [-0.05, 0) is 18.1 Å². The van der Waals surface area contributed by atoms with Crippen molar-refractivity contribution < 1.29 is 23.1 Å². The molecule has 0 unspecified atom stereocenters. The van der Waals surface area contributed by atoms with Gasteiger partial charge in [-0.2, -0.15) is 18.4 Å². The maximum absolute atomic E-state index is 12.8. The molecule has 3 aromatic rings.